The van der Waals surface area contributed by atoms with Crippen LogP contribution in [-0.2, 0) is 6.54 Å². The molecule has 0 saturated heterocycles. The number of halogens is 1. The molecule has 1 heterocycles. The van der Waals surface area contributed by atoms with E-state index in [1.807, 2.05) is 42.0 Å². The monoisotopic (exact) mass is 310 g/mol. The van der Waals surface area contributed by atoms with E-state index in [0.717, 1.165) is 16.0 Å². The summed E-state index contributed by atoms with van der Waals surface area (Å²) in [5.74, 6) is 1.62. The van der Waals surface area contributed by atoms with Crippen molar-refractivity contribution in [1.82, 2.24) is 9.55 Å². The number of aryl methyl sites for hydroxylation is 1. The lowest BCUT2D eigenvalue weighted by Crippen LogP contribution is -2.23. The first-order valence-corrected chi connectivity index (χ1v) is 6.49. The van der Waals surface area contributed by atoms with Crippen LogP contribution >= 0.6 is 15.9 Å². The molecular formula is C13H15BrN2O2. The molecule has 4 nitrogen and oxygen atoms in total. The quantitative estimate of drug-likeness (QED) is 0.922. The Morgan fingerprint density at radius 3 is 2.89 bits per heavy atom. The Labute approximate surface area is 114 Å². The predicted octanol–water partition coefficient (Wildman–Crippen LogP) is 2.39. The maximum absolute atomic E-state index is 9.91. The molecule has 0 aliphatic heterocycles. The van der Waals surface area contributed by atoms with Crippen LogP contribution in [0.1, 0.15) is 5.82 Å². The molecule has 1 atom stereocenters. The standard InChI is InChI=1S/C13H15BrN2O2/c1-10-15-6-7-16(10)8-11(17)9-18-13-5-3-2-4-12(13)14/h2-7,11,17H,8-9H2,1H3/t11-/m1/s1. The summed E-state index contributed by atoms with van der Waals surface area (Å²) >= 11 is 3.40. The van der Waals surface area contributed by atoms with E-state index in [2.05, 4.69) is 20.9 Å². The molecule has 18 heavy (non-hydrogen) atoms. The number of rotatable bonds is 5. The average Bonchev–Trinajstić information content (AvgIpc) is 2.74. The highest BCUT2D eigenvalue weighted by atomic mass is 79.9. The van der Waals surface area contributed by atoms with Gasteiger partial charge in [-0.15, -0.1) is 0 Å². The van der Waals surface area contributed by atoms with E-state index in [1.54, 1.807) is 6.20 Å². The van der Waals surface area contributed by atoms with E-state index < -0.39 is 6.10 Å². The summed E-state index contributed by atoms with van der Waals surface area (Å²) in [6.07, 6.45) is 3.00. The predicted molar refractivity (Wildman–Crippen MR) is 72.6 cm³/mol. The number of aliphatic hydroxyl groups is 1. The summed E-state index contributed by atoms with van der Waals surface area (Å²) in [5.41, 5.74) is 0. The van der Waals surface area contributed by atoms with Crippen LogP contribution in [0, 0.1) is 6.92 Å². The van der Waals surface area contributed by atoms with Crippen LogP contribution < -0.4 is 4.74 Å². The number of hydrogen-bond acceptors (Lipinski definition) is 3. The van der Waals surface area contributed by atoms with Crippen LogP contribution in [0.5, 0.6) is 5.75 Å². The van der Waals surface area contributed by atoms with Gasteiger partial charge in [0.2, 0.25) is 0 Å². The van der Waals surface area contributed by atoms with Gasteiger partial charge in [0.1, 0.15) is 24.3 Å². The molecule has 1 aromatic heterocycles. The molecule has 0 radical (unpaired) electrons. The molecule has 2 aromatic rings. The molecule has 0 bridgehead atoms. The Morgan fingerprint density at radius 2 is 2.22 bits per heavy atom. The molecule has 0 unspecified atom stereocenters. The lowest BCUT2D eigenvalue weighted by atomic mass is 10.3. The Kier molecular flexibility index (Phi) is 4.38. The van der Waals surface area contributed by atoms with E-state index in [0.29, 0.717) is 6.54 Å². The van der Waals surface area contributed by atoms with Crippen LogP contribution in [0.25, 0.3) is 0 Å². The van der Waals surface area contributed by atoms with E-state index in [-0.39, 0.29) is 6.61 Å². The highest BCUT2D eigenvalue weighted by Crippen LogP contribution is 2.23. The molecule has 0 amide bonds. The first kappa shape index (κ1) is 13.1. The Balaban J connectivity index is 1.87. The normalized spacial score (nSPS) is 12.4. The minimum atomic E-state index is -0.565. The van der Waals surface area contributed by atoms with Gasteiger partial charge in [-0.05, 0) is 35.0 Å². The minimum absolute atomic E-state index is 0.250. The van der Waals surface area contributed by atoms with Crippen LogP contribution in [0.15, 0.2) is 41.1 Å². The number of hydrogen-bond donors (Lipinski definition) is 1. The van der Waals surface area contributed by atoms with Crippen molar-refractivity contribution in [2.24, 2.45) is 0 Å². The second-order valence-electron chi connectivity index (χ2n) is 4.02. The van der Waals surface area contributed by atoms with Gasteiger partial charge in [-0.1, -0.05) is 12.1 Å². The molecule has 0 fully saturated rings. The van der Waals surface area contributed by atoms with E-state index >= 15 is 0 Å². The summed E-state index contributed by atoms with van der Waals surface area (Å²) in [5, 5.41) is 9.91. The molecular weight excluding hydrogens is 296 g/mol. The summed E-state index contributed by atoms with van der Waals surface area (Å²) in [6.45, 7) is 2.64. The van der Waals surface area contributed by atoms with Crippen molar-refractivity contribution in [3.63, 3.8) is 0 Å². The van der Waals surface area contributed by atoms with E-state index in [9.17, 15) is 5.11 Å². The fourth-order valence-corrected chi connectivity index (χ4v) is 2.02. The molecule has 1 N–H and O–H groups in total. The van der Waals surface area contributed by atoms with Crippen LogP contribution in [0.3, 0.4) is 0 Å². The van der Waals surface area contributed by atoms with Crippen LogP contribution in [-0.4, -0.2) is 27.4 Å². The second kappa shape index (κ2) is 6.02. The van der Waals surface area contributed by atoms with Crippen molar-refractivity contribution in [2.45, 2.75) is 19.6 Å². The SMILES string of the molecule is Cc1nccn1C[C@@H](O)COc1ccccc1Br. The van der Waals surface area contributed by atoms with Gasteiger partial charge < -0.3 is 14.4 Å². The molecule has 0 aliphatic carbocycles. The lowest BCUT2D eigenvalue weighted by Gasteiger charge is -2.14. The second-order valence-corrected chi connectivity index (χ2v) is 4.88. The summed E-state index contributed by atoms with van der Waals surface area (Å²) in [7, 11) is 0. The van der Waals surface area contributed by atoms with Gasteiger partial charge in [0.25, 0.3) is 0 Å². The Bertz CT molecular complexity index is 513. The number of nitrogens with zero attached hydrogens (tertiary/aromatic N) is 2. The third kappa shape index (κ3) is 3.34. The largest absolute Gasteiger partial charge is 0.490 e. The maximum atomic E-state index is 9.91. The van der Waals surface area contributed by atoms with Gasteiger partial charge in [-0.25, -0.2) is 4.98 Å². The molecule has 2 rings (SSSR count). The molecule has 96 valence electrons. The molecule has 5 heteroatoms. The topological polar surface area (TPSA) is 47.3 Å². The smallest absolute Gasteiger partial charge is 0.133 e. The van der Waals surface area contributed by atoms with Crippen molar-refractivity contribution in [2.75, 3.05) is 6.61 Å². The number of imidazole rings is 1. The zero-order valence-corrected chi connectivity index (χ0v) is 11.7. The van der Waals surface area contributed by atoms with Gasteiger partial charge in [0.05, 0.1) is 11.0 Å². The van der Waals surface area contributed by atoms with E-state index in [1.165, 1.54) is 0 Å². The highest BCUT2D eigenvalue weighted by molar-refractivity contribution is 9.10. The van der Waals surface area contributed by atoms with Crippen molar-refractivity contribution < 1.29 is 9.84 Å². The minimum Gasteiger partial charge on any atom is -0.490 e. The number of para-hydroxylation sites is 1. The number of ether oxygens (including phenoxy) is 1. The van der Waals surface area contributed by atoms with Crippen molar-refractivity contribution in [3.05, 3.63) is 47.0 Å². The van der Waals surface area contributed by atoms with E-state index in [4.69, 9.17) is 4.74 Å². The highest BCUT2D eigenvalue weighted by Gasteiger charge is 2.09. The summed E-state index contributed by atoms with van der Waals surface area (Å²) < 4.78 is 8.34. The average molecular weight is 311 g/mol. The third-order valence-electron chi connectivity index (χ3n) is 2.60. The first-order chi connectivity index (χ1) is 8.66. The zero-order valence-electron chi connectivity index (χ0n) is 10.1. The molecule has 1 aromatic carbocycles. The number of aliphatic hydroxyl groups excluding tert-OH is 1. The number of benzene rings is 1. The summed E-state index contributed by atoms with van der Waals surface area (Å²) in [6, 6.07) is 7.58. The van der Waals surface area contributed by atoms with Gasteiger partial charge in [-0.2, -0.15) is 0 Å². The summed E-state index contributed by atoms with van der Waals surface area (Å²) in [4.78, 5) is 4.11. The Morgan fingerprint density at radius 1 is 1.44 bits per heavy atom. The van der Waals surface area contributed by atoms with Gasteiger partial charge in [-0.3, -0.25) is 0 Å². The molecule has 0 saturated carbocycles. The number of aromatic nitrogens is 2. The van der Waals surface area contributed by atoms with Gasteiger partial charge in [0.15, 0.2) is 0 Å². The van der Waals surface area contributed by atoms with Crippen LogP contribution in [0.4, 0.5) is 0 Å². The fraction of sp³-hybridized carbons (Fsp3) is 0.308. The Hall–Kier alpha value is -1.33. The van der Waals surface area contributed by atoms with Crippen molar-refractivity contribution >= 4 is 15.9 Å². The van der Waals surface area contributed by atoms with Crippen molar-refractivity contribution in [3.8, 4) is 5.75 Å². The molecule has 0 spiro atoms. The lowest BCUT2D eigenvalue weighted by molar-refractivity contribution is 0.0916. The first-order valence-electron chi connectivity index (χ1n) is 5.70. The molecule has 0 aliphatic rings. The van der Waals surface area contributed by atoms with Crippen LogP contribution in [0.2, 0.25) is 0 Å². The maximum Gasteiger partial charge on any atom is 0.133 e. The van der Waals surface area contributed by atoms with Gasteiger partial charge in [0, 0.05) is 12.4 Å². The zero-order chi connectivity index (χ0) is 13.0. The van der Waals surface area contributed by atoms with Gasteiger partial charge >= 0.3 is 0 Å². The third-order valence-corrected chi connectivity index (χ3v) is 3.25. The van der Waals surface area contributed by atoms with Crippen molar-refractivity contribution in [1.29, 1.82) is 0 Å². The fourth-order valence-electron chi connectivity index (χ4n) is 1.62.